The van der Waals surface area contributed by atoms with Crippen LogP contribution in [0.1, 0.15) is 33.5 Å². The number of sulfone groups is 1. The van der Waals surface area contributed by atoms with E-state index in [2.05, 4.69) is 5.32 Å². The summed E-state index contributed by atoms with van der Waals surface area (Å²) in [5.41, 5.74) is 2.96. The van der Waals surface area contributed by atoms with E-state index in [-0.39, 0.29) is 34.8 Å². The largest absolute Gasteiger partial charge is 0.348 e. The van der Waals surface area contributed by atoms with Gasteiger partial charge in [0.25, 0.3) is 5.91 Å². The number of hydrogen-bond acceptors (Lipinski definition) is 4. The predicted molar refractivity (Wildman–Crippen MR) is 121 cm³/mol. The van der Waals surface area contributed by atoms with Crippen LogP contribution >= 0.6 is 0 Å². The van der Waals surface area contributed by atoms with Crippen LogP contribution in [-0.2, 0) is 27.6 Å². The number of carbonyl (C=O) groups excluding carboxylic acids is 2. The van der Waals surface area contributed by atoms with Gasteiger partial charge in [-0.05, 0) is 30.2 Å². The summed E-state index contributed by atoms with van der Waals surface area (Å²) in [4.78, 5) is 24.9. The molecule has 1 N–H and O–H groups in total. The Hall–Kier alpha value is -3.25. The number of Topliss-reactive ketones (excluding diaryl/α,β-unsaturated/α-hetero) is 1. The Labute approximate surface area is 183 Å². The first-order valence-corrected chi connectivity index (χ1v) is 11.7. The van der Waals surface area contributed by atoms with E-state index in [0.717, 1.165) is 16.7 Å². The Kier molecular flexibility index (Phi) is 7.36. The van der Waals surface area contributed by atoms with E-state index < -0.39 is 15.7 Å². The predicted octanol–water partition coefficient (Wildman–Crippen LogP) is 3.90. The van der Waals surface area contributed by atoms with E-state index in [4.69, 9.17) is 0 Å². The number of hydrogen-bond donors (Lipinski definition) is 1. The summed E-state index contributed by atoms with van der Waals surface area (Å²) in [5.74, 6) is -0.951. The Morgan fingerprint density at radius 3 is 2.16 bits per heavy atom. The second-order valence-electron chi connectivity index (χ2n) is 7.43. The first-order chi connectivity index (χ1) is 14.8. The summed E-state index contributed by atoms with van der Waals surface area (Å²) in [7, 11) is -3.79. The minimum absolute atomic E-state index is 0.0521. The van der Waals surface area contributed by atoms with E-state index >= 15 is 0 Å². The van der Waals surface area contributed by atoms with Crippen molar-refractivity contribution < 1.29 is 18.0 Å². The van der Waals surface area contributed by atoms with E-state index in [1.54, 1.807) is 12.1 Å². The molecule has 6 heteroatoms. The van der Waals surface area contributed by atoms with Crippen molar-refractivity contribution in [3.8, 4) is 0 Å². The van der Waals surface area contributed by atoms with Crippen molar-refractivity contribution in [3.63, 3.8) is 0 Å². The number of ketones is 1. The number of benzene rings is 3. The van der Waals surface area contributed by atoms with Gasteiger partial charge in [-0.3, -0.25) is 9.59 Å². The highest BCUT2D eigenvalue weighted by Crippen LogP contribution is 2.19. The van der Waals surface area contributed by atoms with Crippen LogP contribution < -0.4 is 5.32 Å². The monoisotopic (exact) mass is 435 g/mol. The van der Waals surface area contributed by atoms with Crippen LogP contribution in [0.4, 0.5) is 0 Å². The van der Waals surface area contributed by atoms with Crippen molar-refractivity contribution >= 4 is 21.5 Å². The summed E-state index contributed by atoms with van der Waals surface area (Å²) >= 11 is 0. The molecule has 31 heavy (non-hydrogen) atoms. The van der Waals surface area contributed by atoms with Gasteiger partial charge in [0.2, 0.25) is 0 Å². The molecule has 0 radical (unpaired) electrons. The van der Waals surface area contributed by atoms with Crippen LogP contribution in [0.2, 0.25) is 0 Å². The summed E-state index contributed by atoms with van der Waals surface area (Å²) in [5, 5.41) is 2.76. The molecule has 0 heterocycles. The van der Waals surface area contributed by atoms with Crippen molar-refractivity contribution in [3.05, 3.63) is 101 Å². The molecule has 0 aliphatic heterocycles. The first-order valence-electron chi connectivity index (χ1n) is 10.1. The Morgan fingerprint density at radius 1 is 0.806 bits per heavy atom. The van der Waals surface area contributed by atoms with Crippen LogP contribution in [0.5, 0.6) is 0 Å². The topological polar surface area (TPSA) is 80.3 Å². The fourth-order valence-electron chi connectivity index (χ4n) is 3.18. The molecular formula is C25H25NO4S. The quantitative estimate of drug-likeness (QED) is 0.553. The zero-order chi connectivity index (χ0) is 22.3. The van der Waals surface area contributed by atoms with Crippen LogP contribution in [0.25, 0.3) is 0 Å². The average Bonchev–Trinajstić information content (AvgIpc) is 2.78. The Bertz CT molecular complexity index is 1150. The standard InChI is InChI=1S/C25H25NO4S/c1-19-11-13-20(14-12-19)17-22(27)15-16-31(29,30)24-10-6-5-9-23(24)25(28)26-18-21-7-3-2-4-8-21/h2-14H,15-18H2,1H3,(H,26,28). The first kappa shape index (κ1) is 22.4. The summed E-state index contributed by atoms with van der Waals surface area (Å²) in [6.07, 6.45) is 0.0885. The fourth-order valence-corrected chi connectivity index (χ4v) is 4.68. The normalized spacial score (nSPS) is 11.1. The zero-order valence-electron chi connectivity index (χ0n) is 17.4. The number of amides is 1. The Balaban J connectivity index is 1.66. The third-order valence-electron chi connectivity index (χ3n) is 4.93. The summed E-state index contributed by atoms with van der Waals surface area (Å²) in [6.45, 7) is 2.26. The van der Waals surface area contributed by atoms with Crippen molar-refractivity contribution in [2.24, 2.45) is 0 Å². The molecule has 0 spiro atoms. The lowest BCUT2D eigenvalue weighted by Gasteiger charge is -2.11. The summed E-state index contributed by atoms with van der Waals surface area (Å²) < 4.78 is 25.8. The molecule has 3 aromatic carbocycles. The maximum atomic E-state index is 12.9. The molecule has 0 saturated carbocycles. The van der Waals surface area contributed by atoms with Gasteiger partial charge in [-0.1, -0.05) is 72.3 Å². The van der Waals surface area contributed by atoms with Gasteiger partial charge in [0.15, 0.2) is 9.84 Å². The maximum absolute atomic E-state index is 12.9. The molecule has 0 bridgehead atoms. The molecular weight excluding hydrogens is 410 g/mol. The second kappa shape index (κ2) is 10.2. The lowest BCUT2D eigenvalue weighted by Crippen LogP contribution is -2.25. The van der Waals surface area contributed by atoms with Crippen LogP contribution in [-0.4, -0.2) is 25.9 Å². The van der Waals surface area contributed by atoms with Gasteiger partial charge in [0.05, 0.1) is 16.2 Å². The molecule has 0 aromatic heterocycles. The number of carbonyl (C=O) groups is 2. The second-order valence-corrected chi connectivity index (χ2v) is 9.51. The van der Waals surface area contributed by atoms with Gasteiger partial charge >= 0.3 is 0 Å². The average molecular weight is 436 g/mol. The highest BCUT2D eigenvalue weighted by Gasteiger charge is 2.23. The molecule has 5 nitrogen and oxygen atoms in total. The molecule has 0 aliphatic carbocycles. The van der Waals surface area contributed by atoms with Gasteiger partial charge in [-0.2, -0.15) is 0 Å². The van der Waals surface area contributed by atoms with E-state index in [1.807, 2.05) is 61.5 Å². The smallest absolute Gasteiger partial charge is 0.252 e. The Morgan fingerprint density at radius 2 is 1.45 bits per heavy atom. The number of nitrogens with one attached hydrogen (secondary N) is 1. The van der Waals surface area contributed by atoms with Crippen LogP contribution in [0, 0.1) is 6.92 Å². The SMILES string of the molecule is Cc1ccc(CC(=O)CCS(=O)(=O)c2ccccc2C(=O)NCc2ccccc2)cc1. The molecule has 3 aromatic rings. The van der Waals surface area contributed by atoms with Crippen molar-refractivity contribution in [2.45, 2.75) is 31.2 Å². The highest BCUT2D eigenvalue weighted by atomic mass is 32.2. The van der Waals surface area contributed by atoms with Gasteiger partial charge in [-0.15, -0.1) is 0 Å². The minimum atomic E-state index is -3.79. The maximum Gasteiger partial charge on any atom is 0.252 e. The van der Waals surface area contributed by atoms with Crippen molar-refractivity contribution in [1.82, 2.24) is 5.32 Å². The fraction of sp³-hybridized carbons (Fsp3) is 0.200. The lowest BCUT2D eigenvalue weighted by molar-refractivity contribution is -0.118. The minimum Gasteiger partial charge on any atom is -0.348 e. The van der Waals surface area contributed by atoms with Crippen molar-refractivity contribution in [2.75, 3.05) is 5.75 Å². The van der Waals surface area contributed by atoms with Crippen LogP contribution in [0.3, 0.4) is 0 Å². The van der Waals surface area contributed by atoms with Gasteiger partial charge < -0.3 is 5.32 Å². The third kappa shape index (κ3) is 6.36. The summed E-state index contributed by atoms with van der Waals surface area (Å²) in [6, 6.07) is 23.1. The van der Waals surface area contributed by atoms with E-state index in [0.29, 0.717) is 6.54 Å². The van der Waals surface area contributed by atoms with Gasteiger partial charge in [-0.25, -0.2) is 8.42 Å². The molecule has 3 rings (SSSR count). The zero-order valence-corrected chi connectivity index (χ0v) is 18.2. The lowest BCUT2D eigenvalue weighted by atomic mass is 10.1. The number of rotatable bonds is 9. The van der Waals surface area contributed by atoms with Gasteiger partial charge in [0, 0.05) is 19.4 Å². The van der Waals surface area contributed by atoms with Crippen LogP contribution in [0.15, 0.2) is 83.8 Å². The molecule has 0 fully saturated rings. The van der Waals surface area contributed by atoms with Crippen molar-refractivity contribution in [1.29, 1.82) is 0 Å². The van der Waals surface area contributed by atoms with E-state index in [9.17, 15) is 18.0 Å². The van der Waals surface area contributed by atoms with E-state index in [1.165, 1.54) is 12.1 Å². The molecule has 0 atom stereocenters. The molecule has 160 valence electrons. The highest BCUT2D eigenvalue weighted by molar-refractivity contribution is 7.91. The molecule has 0 aliphatic rings. The van der Waals surface area contributed by atoms with Gasteiger partial charge in [0.1, 0.15) is 5.78 Å². The molecule has 0 unspecified atom stereocenters. The molecule has 1 amide bonds. The third-order valence-corrected chi connectivity index (χ3v) is 6.70. The number of aryl methyl sites for hydroxylation is 1. The molecule has 0 saturated heterocycles.